The SMILES string of the molecule is CNCC1CCN(C(=O)Nc2ccc(OC)cc2)C1. The van der Waals surface area contributed by atoms with Gasteiger partial charge in [-0.05, 0) is 50.2 Å². The van der Waals surface area contributed by atoms with E-state index >= 15 is 0 Å². The Morgan fingerprint density at radius 2 is 2.16 bits per heavy atom. The number of nitrogens with zero attached hydrogens (tertiary/aromatic N) is 1. The molecular formula is C14H21N3O2. The molecule has 1 aromatic carbocycles. The quantitative estimate of drug-likeness (QED) is 0.870. The molecule has 1 aliphatic heterocycles. The molecule has 104 valence electrons. The Morgan fingerprint density at radius 1 is 1.42 bits per heavy atom. The van der Waals surface area contributed by atoms with Crippen molar-refractivity contribution >= 4 is 11.7 Å². The van der Waals surface area contributed by atoms with Gasteiger partial charge in [0.25, 0.3) is 0 Å². The second-order valence-electron chi connectivity index (χ2n) is 4.82. The van der Waals surface area contributed by atoms with Crippen LogP contribution in [-0.2, 0) is 0 Å². The van der Waals surface area contributed by atoms with Gasteiger partial charge in [0.05, 0.1) is 7.11 Å². The van der Waals surface area contributed by atoms with Gasteiger partial charge in [0.15, 0.2) is 0 Å². The third-order valence-electron chi connectivity index (χ3n) is 3.41. The number of anilines is 1. The van der Waals surface area contributed by atoms with E-state index in [1.54, 1.807) is 7.11 Å². The highest BCUT2D eigenvalue weighted by Crippen LogP contribution is 2.18. The highest BCUT2D eigenvalue weighted by molar-refractivity contribution is 5.89. The van der Waals surface area contributed by atoms with Crippen LogP contribution in [0.4, 0.5) is 10.5 Å². The average molecular weight is 263 g/mol. The Balaban J connectivity index is 1.87. The fourth-order valence-corrected chi connectivity index (χ4v) is 2.35. The van der Waals surface area contributed by atoms with Crippen molar-refractivity contribution in [2.45, 2.75) is 6.42 Å². The number of methoxy groups -OCH3 is 1. The van der Waals surface area contributed by atoms with Crippen molar-refractivity contribution in [1.29, 1.82) is 0 Å². The monoisotopic (exact) mass is 263 g/mol. The van der Waals surface area contributed by atoms with Crippen LogP contribution in [0.3, 0.4) is 0 Å². The number of benzene rings is 1. The Hall–Kier alpha value is -1.75. The smallest absolute Gasteiger partial charge is 0.321 e. The molecule has 1 unspecified atom stereocenters. The van der Waals surface area contributed by atoms with Gasteiger partial charge in [0.2, 0.25) is 0 Å². The Bertz CT molecular complexity index is 419. The molecule has 2 N–H and O–H groups in total. The maximum absolute atomic E-state index is 12.1. The van der Waals surface area contributed by atoms with Gasteiger partial charge in [0.1, 0.15) is 5.75 Å². The zero-order chi connectivity index (χ0) is 13.7. The lowest BCUT2D eigenvalue weighted by molar-refractivity contribution is 0.221. The molecule has 0 radical (unpaired) electrons. The van der Waals surface area contributed by atoms with Gasteiger partial charge in [-0.15, -0.1) is 0 Å². The van der Waals surface area contributed by atoms with E-state index in [0.717, 1.165) is 37.5 Å². The first-order valence-corrected chi connectivity index (χ1v) is 6.57. The maximum Gasteiger partial charge on any atom is 0.321 e. The van der Waals surface area contributed by atoms with Crippen LogP contribution in [0.1, 0.15) is 6.42 Å². The molecule has 1 heterocycles. The molecule has 1 fully saturated rings. The van der Waals surface area contributed by atoms with Crippen LogP contribution in [0.25, 0.3) is 0 Å². The molecule has 0 bridgehead atoms. The molecule has 1 aromatic rings. The topological polar surface area (TPSA) is 53.6 Å². The fraction of sp³-hybridized carbons (Fsp3) is 0.500. The molecule has 0 aliphatic carbocycles. The molecule has 5 heteroatoms. The Labute approximate surface area is 113 Å². The largest absolute Gasteiger partial charge is 0.497 e. The number of urea groups is 1. The van der Waals surface area contributed by atoms with Crippen molar-refractivity contribution in [3.05, 3.63) is 24.3 Å². The number of nitrogens with one attached hydrogen (secondary N) is 2. The lowest BCUT2D eigenvalue weighted by atomic mass is 10.1. The van der Waals surface area contributed by atoms with Gasteiger partial charge < -0.3 is 20.3 Å². The van der Waals surface area contributed by atoms with Crippen LogP contribution in [0.2, 0.25) is 0 Å². The predicted octanol–water partition coefficient (Wildman–Crippen LogP) is 1.77. The lowest BCUT2D eigenvalue weighted by Gasteiger charge is -2.17. The van der Waals surface area contributed by atoms with Gasteiger partial charge in [-0.25, -0.2) is 4.79 Å². The van der Waals surface area contributed by atoms with Crippen molar-refractivity contribution in [2.24, 2.45) is 5.92 Å². The zero-order valence-electron chi connectivity index (χ0n) is 11.5. The van der Waals surface area contributed by atoms with Crippen LogP contribution < -0.4 is 15.4 Å². The number of carbonyl (C=O) groups excluding carboxylic acids is 1. The van der Waals surface area contributed by atoms with E-state index in [9.17, 15) is 4.79 Å². The van der Waals surface area contributed by atoms with Crippen molar-refractivity contribution in [2.75, 3.05) is 39.1 Å². The number of rotatable bonds is 4. The minimum atomic E-state index is -0.0243. The average Bonchev–Trinajstić information content (AvgIpc) is 2.89. The highest BCUT2D eigenvalue weighted by Gasteiger charge is 2.25. The van der Waals surface area contributed by atoms with Crippen LogP contribution in [0, 0.1) is 5.92 Å². The number of amides is 2. The summed E-state index contributed by atoms with van der Waals surface area (Å²) in [6, 6.07) is 7.34. The van der Waals surface area contributed by atoms with Gasteiger partial charge >= 0.3 is 6.03 Å². The Morgan fingerprint density at radius 3 is 2.79 bits per heavy atom. The zero-order valence-corrected chi connectivity index (χ0v) is 11.5. The first kappa shape index (κ1) is 13.7. The third kappa shape index (κ3) is 3.61. The van der Waals surface area contributed by atoms with Crippen LogP contribution >= 0.6 is 0 Å². The first-order valence-electron chi connectivity index (χ1n) is 6.57. The molecule has 1 aliphatic rings. The van der Waals surface area contributed by atoms with Crippen molar-refractivity contribution < 1.29 is 9.53 Å². The Kier molecular flexibility index (Phi) is 4.63. The molecule has 1 atom stereocenters. The van der Waals surface area contributed by atoms with Crippen LogP contribution in [0.15, 0.2) is 24.3 Å². The summed E-state index contributed by atoms with van der Waals surface area (Å²) in [5.41, 5.74) is 0.794. The second kappa shape index (κ2) is 6.43. The van der Waals surface area contributed by atoms with E-state index in [2.05, 4.69) is 10.6 Å². The van der Waals surface area contributed by atoms with Crippen LogP contribution in [0.5, 0.6) is 5.75 Å². The molecule has 0 spiro atoms. The first-order chi connectivity index (χ1) is 9.22. The summed E-state index contributed by atoms with van der Waals surface area (Å²) in [5.74, 6) is 1.35. The van der Waals surface area contributed by atoms with Crippen molar-refractivity contribution in [3.8, 4) is 5.75 Å². The van der Waals surface area contributed by atoms with E-state index < -0.39 is 0 Å². The molecule has 19 heavy (non-hydrogen) atoms. The molecule has 0 aromatic heterocycles. The minimum Gasteiger partial charge on any atom is -0.497 e. The molecule has 2 amide bonds. The maximum atomic E-state index is 12.1. The van der Waals surface area contributed by atoms with E-state index in [-0.39, 0.29) is 6.03 Å². The molecule has 5 nitrogen and oxygen atoms in total. The number of ether oxygens (including phenoxy) is 1. The summed E-state index contributed by atoms with van der Waals surface area (Å²) in [7, 11) is 3.57. The van der Waals surface area contributed by atoms with Gasteiger partial charge in [-0.3, -0.25) is 0 Å². The summed E-state index contributed by atoms with van der Waals surface area (Å²) in [5, 5.41) is 6.07. The van der Waals surface area contributed by atoms with Gasteiger partial charge in [-0.2, -0.15) is 0 Å². The summed E-state index contributed by atoms with van der Waals surface area (Å²) in [6.07, 6.45) is 1.07. The standard InChI is InChI=1S/C14H21N3O2/c1-15-9-11-7-8-17(10-11)14(18)16-12-3-5-13(19-2)6-4-12/h3-6,11,15H,7-10H2,1-2H3,(H,16,18). The van der Waals surface area contributed by atoms with E-state index in [0.29, 0.717) is 5.92 Å². The minimum absolute atomic E-state index is 0.0243. The predicted molar refractivity (Wildman–Crippen MR) is 75.6 cm³/mol. The second-order valence-corrected chi connectivity index (χ2v) is 4.82. The summed E-state index contributed by atoms with van der Waals surface area (Å²) >= 11 is 0. The van der Waals surface area contributed by atoms with E-state index in [1.807, 2.05) is 36.2 Å². The summed E-state index contributed by atoms with van der Waals surface area (Å²) < 4.78 is 5.08. The number of carbonyl (C=O) groups is 1. The number of hydrogen-bond acceptors (Lipinski definition) is 3. The van der Waals surface area contributed by atoms with Crippen molar-refractivity contribution in [3.63, 3.8) is 0 Å². The molecule has 0 saturated carbocycles. The molecule has 1 saturated heterocycles. The van der Waals surface area contributed by atoms with Crippen LogP contribution in [-0.4, -0.2) is 44.7 Å². The summed E-state index contributed by atoms with van der Waals surface area (Å²) in [6.45, 7) is 2.61. The van der Waals surface area contributed by atoms with E-state index in [1.165, 1.54) is 0 Å². The van der Waals surface area contributed by atoms with Crippen molar-refractivity contribution in [1.82, 2.24) is 10.2 Å². The highest BCUT2D eigenvalue weighted by atomic mass is 16.5. The normalized spacial score (nSPS) is 18.4. The molecular weight excluding hydrogens is 242 g/mol. The van der Waals surface area contributed by atoms with E-state index in [4.69, 9.17) is 4.74 Å². The van der Waals surface area contributed by atoms with Gasteiger partial charge in [-0.1, -0.05) is 0 Å². The number of hydrogen-bond donors (Lipinski definition) is 2. The fourth-order valence-electron chi connectivity index (χ4n) is 2.35. The molecule has 2 rings (SSSR count). The third-order valence-corrected chi connectivity index (χ3v) is 3.41. The number of likely N-dealkylation sites (tertiary alicyclic amines) is 1. The van der Waals surface area contributed by atoms with Gasteiger partial charge in [0, 0.05) is 18.8 Å². The lowest BCUT2D eigenvalue weighted by Crippen LogP contribution is -2.33. The summed E-state index contributed by atoms with van der Waals surface area (Å²) in [4.78, 5) is 13.9.